The van der Waals surface area contributed by atoms with E-state index in [4.69, 9.17) is 14.2 Å². The molecule has 0 aromatic heterocycles. The van der Waals surface area contributed by atoms with Crippen molar-refractivity contribution in [2.75, 3.05) is 49.7 Å². The van der Waals surface area contributed by atoms with Gasteiger partial charge in [-0.15, -0.1) is 0 Å². The maximum absolute atomic E-state index is 12.8. The normalized spacial score (nSPS) is 25.9. The average Bonchev–Trinajstić information content (AvgIpc) is 3.34. The second kappa shape index (κ2) is 9.24. The van der Waals surface area contributed by atoms with Gasteiger partial charge in [0.25, 0.3) is 0 Å². The van der Waals surface area contributed by atoms with Gasteiger partial charge in [-0.2, -0.15) is 0 Å². The van der Waals surface area contributed by atoms with Crippen molar-refractivity contribution in [3.05, 3.63) is 12.1 Å². The van der Waals surface area contributed by atoms with E-state index >= 15 is 0 Å². The molecule has 3 aliphatic rings. The predicted molar refractivity (Wildman–Crippen MR) is 114 cm³/mol. The van der Waals surface area contributed by atoms with E-state index in [9.17, 15) is 4.79 Å². The summed E-state index contributed by atoms with van der Waals surface area (Å²) in [6.45, 7) is 8.12. The third-order valence-electron chi connectivity index (χ3n) is 6.62. The van der Waals surface area contributed by atoms with Crippen molar-refractivity contribution in [2.24, 2.45) is 17.8 Å². The van der Waals surface area contributed by atoms with Crippen molar-refractivity contribution in [1.29, 1.82) is 0 Å². The molecular weight excluding hydrogens is 368 g/mol. The highest BCUT2D eigenvalue weighted by Gasteiger charge is 2.40. The Morgan fingerprint density at radius 1 is 1.10 bits per heavy atom. The van der Waals surface area contributed by atoms with E-state index in [0.29, 0.717) is 50.2 Å². The predicted octanol–water partition coefficient (Wildman–Crippen LogP) is 4.09. The third-order valence-corrected chi connectivity index (χ3v) is 6.62. The fourth-order valence-electron chi connectivity index (χ4n) is 5.31. The maximum Gasteiger partial charge on any atom is 0.224 e. The van der Waals surface area contributed by atoms with Gasteiger partial charge in [0, 0.05) is 31.6 Å². The summed E-state index contributed by atoms with van der Waals surface area (Å²) in [7, 11) is 0. The average molecular weight is 403 g/mol. The molecule has 1 aliphatic heterocycles. The molecule has 3 fully saturated rings. The van der Waals surface area contributed by atoms with Crippen LogP contribution in [0.25, 0.3) is 0 Å². The largest absolute Gasteiger partial charge is 0.492 e. The summed E-state index contributed by atoms with van der Waals surface area (Å²) in [4.78, 5) is 15.1. The van der Waals surface area contributed by atoms with Crippen molar-refractivity contribution < 1.29 is 19.0 Å². The summed E-state index contributed by atoms with van der Waals surface area (Å²) in [6, 6.07) is 3.94. The topological polar surface area (TPSA) is 60.0 Å². The molecule has 0 spiro atoms. The summed E-state index contributed by atoms with van der Waals surface area (Å²) in [6.07, 6.45) is 5.82. The van der Waals surface area contributed by atoms with Crippen molar-refractivity contribution >= 4 is 17.3 Å². The Labute approximate surface area is 173 Å². The number of nitrogens with one attached hydrogen (secondary N) is 1. The summed E-state index contributed by atoms with van der Waals surface area (Å²) < 4.78 is 17.3. The second-order valence-electron chi connectivity index (χ2n) is 8.47. The number of hydrogen-bond acceptors (Lipinski definition) is 5. The van der Waals surface area contributed by atoms with E-state index in [1.807, 2.05) is 26.0 Å². The zero-order valence-corrected chi connectivity index (χ0v) is 17.7. The first-order valence-electron chi connectivity index (χ1n) is 11.2. The van der Waals surface area contributed by atoms with Gasteiger partial charge < -0.3 is 24.4 Å². The van der Waals surface area contributed by atoms with Crippen LogP contribution < -0.4 is 19.7 Å². The maximum atomic E-state index is 12.8. The minimum absolute atomic E-state index is 0.0880. The lowest BCUT2D eigenvalue weighted by Crippen LogP contribution is -2.36. The molecule has 160 valence electrons. The molecular formula is C23H34N2O4. The Morgan fingerprint density at radius 3 is 2.52 bits per heavy atom. The van der Waals surface area contributed by atoms with Gasteiger partial charge in [-0.3, -0.25) is 4.79 Å². The Kier molecular flexibility index (Phi) is 6.48. The van der Waals surface area contributed by atoms with Gasteiger partial charge >= 0.3 is 0 Å². The number of amides is 1. The highest BCUT2D eigenvalue weighted by Crippen LogP contribution is 2.49. The van der Waals surface area contributed by atoms with E-state index in [0.717, 1.165) is 36.4 Å². The van der Waals surface area contributed by atoms with Crippen LogP contribution in [-0.2, 0) is 9.53 Å². The molecule has 2 aliphatic carbocycles. The molecule has 6 nitrogen and oxygen atoms in total. The molecule has 1 amide bonds. The summed E-state index contributed by atoms with van der Waals surface area (Å²) in [5.74, 6) is 3.73. The number of anilines is 2. The van der Waals surface area contributed by atoms with Gasteiger partial charge in [0.1, 0.15) is 11.5 Å². The van der Waals surface area contributed by atoms with Crippen molar-refractivity contribution in [3.63, 3.8) is 0 Å². The fourth-order valence-corrected chi connectivity index (χ4v) is 5.31. The van der Waals surface area contributed by atoms with Gasteiger partial charge in [-0.05, 0) is 50.9 Å². The molecule has 0 radical (unpaired) electrons. The van der Waals surface area contributed by atoms with E-state index in [1.165, 1.54) is 25.7 Å². The number of carbonyl (C=O) groups excluding carboxylic acids is 1. The van der Waals surface area contributed by atoms with Gasteiger partial charge in [-0.1, -0.05) is 6.42 Å². The van der Waals surface area contributed by atoms with Crippen molar-refractivity contribution in [1.82, 2.24) is 0 Å². The minimum atomic E-state index is 0.0880. The third kappa shape index (κ3) is 4.63. The van der Waals surface area contributed by atoms with Crippen molar-refractivity contribution in [3.8, 4) is 11.5 Å². The number of carbonyl (C=O) groups is 1. The summed E-state index contributed by atoms with van der Waals surface area (Å²) in [5.41, 5.74) is 1.71. The SMILES string of the molecule is CCOc1cc(N2CCOCC2)c(OCC)cc1NC(=O)C[C@H]1C[C@H]2CC[C@@H]1C2. The standard InChI is InChI=1S/C23H34N2O4/c1-3-28-21-15-20(25-7-9-27-10-8-25)22(29-4-2)14-19(21)24-23(26)13-18-12-16-5-6-17(18)11-16/h14-18H,3-13H2,1-2H3,(H,24,26)/t16-,17+,18+/m0/s1. The first-order valence-corrected chi connectivity index (χ1v) is 11.2. The van der Waals surface area contributed by atoms with Gasteiger partial charge in [0.2, 0.25) is 5.91 Å². The molecule has 3 atom stereocenters. The molecule has 4 rings (SSSR count). The molecule has 2 saturated carbocycles. The van der Waals surface area contributed by atoms with Crippen LogP contribution in [-0.4, -0.2) is 45.4 Å². The van der Waals surface area contributed by atoms with Crippen LogP contribution >= 0.6 is 0 Å². The van der Waals surface area contributed by atoms with Crippen molar-refractivity contribution in [2.45, 2.75) is 46.0 Å². The van der Waals surface area contributed by atoms with Crippen LogP contribution in [0.5, 0.6) is 11.5 Å². The second-order valence-corrected chi connectivity index (χ2v) is 8.47. The lowest BCUT2D eigenvalue weighted by molar-refractivity contribution is -0.117. The van der Waals surface area contributed by atoms with E-state index in [-0.39, 0.29) is 5.91 Å². The molecule has 1 saturated heterocycles. The zero-order valence-electron chi connectivity index (χ0n) is 17.7. The lowest BCUT2D eigenvalue weighted by atomic mass is 9.86. The first-order chi connectivity index (χ1) is 14.2. The molecule has 2 bridgehead atoms. The highest BCUT2D eigenvalue weighted by molar-refractivity contribution is 5.93. The lowest BCUT2D eigenvalue weighted by Gasteiger charge is -2.31. The highest BCUT2D eigenvalue weighted by atomic mass is 16.5. The molecule has 29 heavy (non-hydrogen) atoms. The van der Waals surface area contributed by atoms with Crippen LogP contribution in [0.2, 0.25) is 0 Å². The molecule has 0 unspecified atom stereocenters. The zero-order chi connectivity index (χ0) is 20.2. The van der Waals surface area contributed by atoms with Gasteiger partial charge in [0.05, 0.1) is 37.8 Å². The van der Waals surface area contributed by atoms with E-state index in [1.54, 1.807) is 0 Å². The molecule has 1 heterocycles. The summed E-state index contributed by atoms with van der Waals surface area (Å²) in [5, 5.41) is 3.12. The Balaban J connectivity index is 1.52. The van der Waals surface area contributed by atoms with Crippen LogP contribution in [0, 0.1) is 17.8 Å². The van der Waals surface area contributed by atoms with Gasteiger partial charge in [0.15, 0.2) is 0 Å². The molecule has 1 N–H and O–H groups in total. The number of benzene rings is 1. The minimum Gasteiger partial charge on any atom is -0.492 e. The molecule has 1 aromatic carbocycles. The number of fused-ring (bicyclic) bond motifs is 2. The monoisotopic (exact) mass is 402 g/mol. The summed E-state index contributed by atoms with van der Waals surface area (Å²) >= 11 is 0. The number of ether oxygens (including phenoxy) is 3. The molecule has 1 aromatic rings. The smallest absolute Gasteiger partial charge is 0.224 e. The van der Waals surface area contributed by atoms with Gasteiger partial charge in [-0.25, -0.2) is 0 Å². The van der Waals surface area contributed by atoms with Crippen LogP contribution in [0.15, 0.2) is 12.1 Å². The number of nitrogens with zero attached hydrogens (tertiary/aromatic N) is 1. The first kappa shape index (κ1) is 20.3. The quantitative estimate of drug-likeness (QED) is 0.710. The number of rotatable bonds is 8. The fraction of sp³-hybridized carbons (Fsp3) is 0.696. The Morgan fingerprint density at radius 2 is 1.86 bits per heavy atom. The van der Waals surface area contributed by atoms with E-state index < -0.39 is 0 Å². The molecule has 6 heteroatoms. The Hall–Kier alpha value is -1.95. The Bertz CT molecular complexity index is 717. The number of morpholine rings is 1. The van der Waals surface area contributed by atoms with E-state index in [2.05, 4.69) is 10.2 Å². The van der Waals surface area contributed by atoms with Crippen LogP contribution in [0.4, 0.5) is 11.4 Å². The van der Waals surface area contributed by atoms with Crippen LogP contribution in [0.3, 0.4) is 0 Å². The number of hydrogen-bond donors (Lipinski definition) is 1. The van der Waals surface area contributed by atoms with Crippen LogP contribution in [0.1, 0.15) is 46.0 Å².